The Balaban J connectivity index is 1.50. The fourth-order valence-corrected chi connectivity index (χ4v) is 8.29. The Morgan fingerprint density at radius 2 is 1.35 bits per heavy atom. The predicted octanol–water partition coefficient (Wildman–Crippen LogP) is 6.86. The smallest absolute Gasteiger partial charge is 0.397 e. The fraction of sp³-hybridized carbons (Fsp3) is 0.139. The molecule has 8 N–H and O–H groups in total. The van der Waals surface area contributed by atoms with Crippen molar-refractivity contribution < 1.29 is 88.4 Å². The molecule has 0 atom stereocenters. The molecule has 5 rings (SSSR count). The Labute approximate surface area is 396 Å². The van der Waals surface area contributed by atoms with Crippen LogP contribution in [0.25, 0.3) is 0 Å². The number of nitrogens with zero attached hydrogens (tertiary/aromatic N) is 7. The van der Waals surface area contributed by atoms with Gasteiger partial charge >= 0.3 is 16.4 Å². The van der Waals surface area contributed by atoms with E-state index in [1.165, 1.54) is 30.5 Å². The van der Waals surface area contributed by atoms with E-state index in [2.05, 4.69) is 53.6 Å². The van der Waals surface area contributed by atoms with Crippen molar-refractivity contribution in [2.75, 3.05) is 30.4 Å². The third-order valence-corrected chi connectivity index (χ3v) is 12.4. The molecule has 1 aromatic heterocycles. The van der Waals surface area contributed by atoms with Gasteiger partial charge in [-0.2, -0.15) is 17.9 Å². The van der Waals surface area contributed by atoms with E-state index >= 15 is 0 Å². The fourth-order valence-electron chi connectivity index (χ4n) is 5.25. The SMILES string of the molecule is Cc1ccc(N=Nc2c(N)c(N=Nc3ccc(S(=O)(=O)CCOS(=O)(=O)O)cc3SOOO)c(N)c(N=Nc3ccc(SOOCC[n+]4cccc(C(=O)[O-])c4)cc3)c2C(=O)O)c(SOOO)c1. The molecule has 0 fully saturated rings. The number of carboxylic acids is 2. The second-order valence-corrected chi connectivity index (χ2v) is 18.3. The van der Waals surface area contributed by atoms with E-state index in [9.17, 15) is 36.6 Å². The minimum absolute atomic E-state index is 0.00816. The van der Waals surface area contributed by atoms with Crippen molar-refractivity contribution >= 4 is 114 Å². The van der Waals surface area contributed by atoms with Crippen LogP contribution >= 0.6 is 36.1 Å². The number of carbonyl (C=O) groups is 2. The van der Waals surface area contributed by atoms with Gasteiger partial charge in [-0.05, 0) is 73.2 Å². The molecule has 32 heteroatoms. The van der Waals surface area contributed by atoms with E-state index < -0.39 is 83.4 Å². The first-order chi connectivity index (χ1) is 32.4. The normalized spacial score (nSPS) is 12.2. The van der Waals surface area contributed by atoms with Gasteiger partial charge in [-0.25, -0.2) is 37.4 Å². The van der Waals surface area contributed by atoms with Gasteiger partial charge in [0.2, 0.25) is 0 Å². The van der Waals surface area contributed by atoms with Crippen LogP contribution in [-0.2, 0) is 58.9 Å². The zero-order valence-electron chi connectivity index (χ0n) is 34.2. The molecule has 0 saturated heterocycles. The number of rotatable bonds is 25. The summed E-state index contributed by atoms with van der Waals surface area (Å²) in [7, 11) is -9.23. The number of hydrogen-bond acceptors (Lipinski definition) is 27. The predicted molar refractivity (Wildman–Crippen MR) is 234 cm³/mol. The maximum absolute atomic E-state index is 13.0. The van der Waals surface area contributed by atoms with E-state index in [1.54, 1.807) is 48.0 Å². The number of aromatic carboxylic acids is 2. The summed E-state index contributed by atoms with van der Waals surface area (Å²) in [6.07, 6.45) is 3.02. The molecule has 4 aromatic carbocycles. The van der Waals surface area contributed by atoms with Crippen LogP contribution < -0.4 is 21.1 Å². The van der Waals surface area contributed by atoms with Crippen LogP contribution in [0.3, 0.4) is 0 Å². The number of nitrogen functional groups attached to an aromatic ring is 2. The molecule has 0 bridgehead atoms. The van der Waals surface area contributed by atoms with Crippen molar-refractivity contribution in [3.63, 3.8) is 0 Å². The molecule has 0 aliphatic heterocycles. The van der Waals surface area contributed by atoms with Crippen LogP contribution in [0.4, 0.5) is 45.5 Å². The van der Waals surface area contributed by atoms with Crippen molar-refractivity contribution in [3.05, 3.63) is 102 Å². The molecule has 0 aliphatic rings. The Morgan fingerprint density at radius 3 is 1.96 bits per heavy atom. The molecule has 360 valence electrons. The largest absolute Gasteiger partial charge is 0.545 e. The number of nitrogens with two attached hydrogens (primary N) is 2. The molecule has 0 amide bonds. The van der Waals surface area contributed by atoms with Gasteiger partial charge in [0.1, 0.15) is 40.6 Å². The Hall–Kier alpha value is -6.08. The highest BCUT2D eigenvalue weighted by atomic mass is 32.3. The van der Waals surface area contributed by atoms with Crippen molar-refractivity contribution in [3.8, 4) is 0 Å². The highest BCUT2D eigenvalue weighted by Crippen LogP contribution is 2.50. The molecule has 0 spiro atoms. The van der Waals surface area contributed by atoms with Gasteiger partial charge in [-0.15, -0.1) is 34.2 Å². The van der Waals surface area contributed by atoms with E-state index in [4.69, 9.17) is 35.8 Å². The second-order valence-electron chi connectivity index (χ2n) is 12.9. The van der Waals surface area contributed by atoms with Gasteiger partial charge in [0.15, 0.2) is 28.8 Å². The zero-order chi connectivity index (χ0) is 49.4. The molecule has 0 saturated carbocycles. The number of carboxylic acid groups (broad SMARTS) is 2. The lowest BCUT2D eigenvalue weighted by molar-refractivity contribution is -0.701. The lowest BCUT2D eigenvalue weighted by atomic mass is 10.1. The van der Waals surface area contributed by atoms with Crippen molar-refractivity contribution in [1.29, 1.82) is 0 Å². The maximum Gasteiger partial charge on any atom is 0.397 e. The number of sulfone groups is 1. The quantitative estimate of drug-likeness (QED) is 0.00508. The van der Waals surface area contributed by atoms with E-state index in [0.29, 0.717) is 16.9 Å². The van der Waals surface area contributed by atoms with Crippen LogP contribution in [0.5, 0.6) is 0 Å². The number of benzene rings is 4. The first kappa shape index (κ1) is 52.9. The summed E-state index contributed by atoms with van der Waals surface area (Å²) in [5.41, 5.74) is 10.6. The van der Waals surface area contributed by atoms with E-state index in [0.717, 1.165) is 35.8 Å². The number of carbonyl (C=O) groups excluding carboxylic acids is 1. The van der Waals surface area contributed by atoms with Crippen LogP contribution in [-0.4, -0.2) is 67.9 Å². The zero-order valence-corrected chi connectivity index (χ0v) is 38.3. The molecular formula is C36H33N9O18S5. The molecule has 27 nitrogen and oxygen atoms in total. The van der Waals surface area contributed by atoms with Crippen molar-refractivity contribution in [2.24, 2.45) is 30.7 Å². The highest BCUT2D eigenvalue weighted by molar-refractivity contribution is 7.95. The summed E-state index contributed by atoms with van der Waals surface area (Å²) < 4.78 is 76.4. The summed E-state index contributed by atoms with van der Waals surface area (Å²) in [5.74, 6) is -3.87. The number of aromatic nitrogens is 1. The highest BCUT2D eigenvalue weighted by Gasteiger charge is 2.27. The number of anilines is 2. The summed E-state index contributed by atoms with van der Waals surface area (Å²) in [4.78, 5) is 29.4. The standard InChI is InChI=1S/C36H33N9O18S5/c1-20-4-10-25(27(17-20)65-62-59-50)40-43-33-29(36(48)49)32(42-39-22-5-7-23(8-6-22)64-61-57-14-13-45-12-2-3-21(19-45)35(46)47)30(37)34(31(33)38)44-41-26-11-9-24(18-28(26)66-63-60-51)67(52,53)16-15-58-68(54,55)56/h2-12,17-19H,13-16H2,1H3,(H8-,37,38,39,40,41,46,47,48,49,50,51,54,55,56). The van der Waals surface area contributed by atoms with Crippen LogP contribution in [0, 0.1) is 6.92 Å². The Bertz CT molecular complexity index is 2950. The Kier molecular flexibility index (Phi) is 19.3. The molecule has 0 unspecified atom stereocenters. The third kappa shape index (κ3) is 15.2. The lowest BCUT2D eigenvalue weighted by Gasteiger charge is -2.13. The Morgan fingerprint density at radius 1 is 0.750 bits per heavy atom. The number of azo groups is 3. The first-order valence-corrected chi connectivity index (χ1v) is 23.5. The van der Waals surface area contributed by atoms with E-state index in [-0.39, 0.29) is 57.6 Å². The van der Waals surface area contributed by atoms with Gasteiger partial charge in [0.05, 0.1) is 91.8 Å². The molecular weight excluding hydrogens is 1010 g/mol. The van der Waals surface area contributed by atoms with E-state index in [1.807, 2.05) is 0 Å². The van der Waals surface area contributed by atoms with Crippen LogP contribution in [0.15, 0.2) is 135 Å². The van der Waals surface area contributed by atoms with Crippen molar-refractivity contribution in [2.45, 2.75) is 33.1 Å². The van der Waals surface area contributed by atoms with Gasteiger partial charge in [-0.3, -0.25) is 4.55 Å². The van der Waals surface area contributed by atoms with Gasteiger partial charge < -0.3 is 26.5 Å². The number of aryl methyl sites for hydroxylation is 1. The van der Waals surface area contributed by atoms with Gasteiger partial charge in [0.25, 0.3) is 0 Å². The molecule has 0 aliphatic carbocycles. The summed E-state index contributed by atoms with van der Waals surface area (Å²) in [5, 5.41) is 71.2. The average molecular weight is 1040 g/mol. The summed E-state index contributed by atoms with van der Waals surface area (Å²) in [6.45, 7) is 1.12. The lowest BCUT2D eigenvalue weighted by Crippen LogP contribution is -2.37. The number of hydrogen-bond donors (Lipinski definition) is 6. The molecule has 5 aromatic rings. The minimum atomic E-state index is -4.95. The second kappa shape index (κ2) is 24.8. The first-order valence-electron chi connectivity index (χ1n) is 18.3. The summed E-state index contributed by atoms with van der Waals surface area (Å²) in [6, 6.07) is 16.9. The van der Waals surface area contributed by atoms with Crippen LogP contribution in [0.1, 0.15) is 26.3 Å². The van der Waals surface area contributed by atoms with Gasteiger partial charge in [0, 0.05) is 11.0 Å². The third-order valence-electron chi connectivity index (χ3n) is 8.33. The van der Waals surface area contributed by atoms with Crippen molar-refractivity contribution in [1.82, 2.24) is 0 Å². The molecule has 68 heavy (non-hydrogen) atoms. The average Bonchev–Trinajstić information content (AvgIpc) is 3.29. The summed E-state index contributed by atoms with van der Waals surface area (Å²) >= 11 is 1.63. The van der Waals surface area contributed by atoms with Crippen LogP contribution in [0.2, 0.25) is 0 Å². The topological polar surface area (TPSA) is 401 Å². The monoisotopic (exact) mass is 1040 g/mol. The molecule has 0 radical (unpaired) electrons. The maximum atomic E-state index is 13.0. The molecule has 1 heterocycles. The van der Waals surface area contributed by atoms with Gasteiger partial charge in [-0.1, -0.05) is 16.1 Å². The minimum Gasteiger partial charge on any atom is -0.545 e. The number of pyridine rings is 1.